The van der Waals surface area contributed by atoms with Crippen molar-refractivity contribution in [3.05, 3.63) is 47.0 Å². The van der Waals surface area contributed by atoms with Crippen molar-refractivity contribution in [3.8, 4) is 0 Å². The molecule has 0 bridgehead atoms. The van der Waals surface area contributed by atoms with Crippen molar-refractivity contribution in [1.29, 1.82) is 0 Å². The van der Waals surface area contributed by atoms with Gasteiger partial charge in [0.1, 0.15) is 10.9 Å². The summed E-state index contributed by atoms with van der Waals surface area (Å²) in [4.78, 5) is 28.7. The summed E-state index contributed by atoms with van der Waals surface area (Å²) >= 11 is 6.17. The average Bonchev–Trinajstić information content (AvgIpc) is 2.74. The molecule has 1 amide bonds. The van der Waals surface area contributed by atoms with Crippen LogP contribution in [-0.2, 0) is 9.59 Å². The molecule has 110 valence electrons. The fourth-order valence-corrected chi connectivity index (χ4v) is 3.35. The molecule has 2 heterocycles. The van der Waals surface area contributed by atoms with Crippen LogP contribution < -0.4 is 0 Å². The number of nitrogens with zero attached hydrogens (tertiary/aromatic N) is 2. The Labute approximate surface area is 135 Å². The van der Waals surface area contributed by atoms with Gasteiger partial charge < -0.3 is 5.11 Å². The fourth-order valence-electron chi connectivity index (χ4n) is 2.10. The van der Waals surface area contributed by atoms with Gasteiger partial charge in [-0.25, -0.2) is 0 Å². The number of hydrogen-bond donors (Lipinski definition) is 1. The van der Waals surface area contributed by atoms with E-state index in [1.54, 1.807) is 12.3 Å². The summed E-state index contributed by atoms with van der Waals surface area (Å²) < 4.78 is 0.262. The van der Waals surface area contributed by atoms with Crippen molar-refractivity contribution in [1.82, 2.24) is 9.88 Å². The van der Waals surface area contributed by atoms with Gasteiger partial charge in [-0.1, -0.05) is 42.2 Å². The lowest BCUT2D eigenvalue weighted by Crippen LogP contribution is -2.33. The van der Waals surface area contributed by atoms with Crippen LogP contribution in [0.1, 0.15) is 5.56 Å². The second-order valence-corrected chi connectivity index (χ2v) is 6.29. The van der Waals surface area contributed by atoms with Crippen molar-refractivity contribution in [2.75, 3.05) is 6.54 Å². The summed E-state index contributed by atoms with van der Waals surface area (Å²) in [5, 5.41) is 9.83. The number of carbonyl (C=O) groups excluding carboxylic acids is 1. The second kappa shape index (κ2) is 5.86. The monoisotopic (exact) mass is 330 g/mol. The fraction of sp³-hybridized carbons (Fsp3) is 0.0667. The number of thioether (sulfide) groups is 1. The lowest BCUT2D eigenvalue weighted by Gasteiger charge is -2.10. The van der Waals surface area contributed by atoms with E-state index in [0.717, 1.165) is 33.1 Å². The van der Waals surface area contributed by atoms with Gasteiger partial charge in [-0.3, -0.25) is 19.5 Å². The number of aliphatic carboxylic acids is 1. The normalized spacial score (nSPS) is 16.7. The molecule has 3 rings (SSSR count). The molecule has 1 aliphatic rings. The zero-order valence-electron chi connectivity index (χ0n) is 11.2. The third-order valence-electron chi connectivity index (χ3n) is 3.09. The summed E-state index contributed by atoms with van der Waals surface area (Å²) in [6.07, 6.45) is 3.41. The summed E-state index contributed by atoms with van der Waals surface area (Å²) in [6, 6.07) is 9.50. The molecule has 0 unspecified atom stereocenters. The van der Waals surface area contributed by atoms with Crippen LogP contribution >= 0.6 is 24.0 Å². The highest BCUT2D eigenvalue weighted by molar-refractivity contribution is 8.26. The number of carboxylic acid groups (broad SMARTS) is 1. The van der Waals surface area contributed by atoms with E-state index in [-0.39, 0.29) is 10.2 Å². The van der Waals surface area contributed by atoms with E-state index in [1.165, 1.54) is 0 Å². The maximum atomic E-state index is 12.2. The lowest BCUT2D eigenvalue weighted by atomic mass is 10.1. The SMILES string of the molecule is O=C(O)CN1C(=O)/C(=C/c2ccc3cccnc3c2)SC1=S. The molecule has 0 atom stereocenters. The summed E-state index contributed by atoms with van der Waals surface area (Å²) in [6.45, 7) is -0.415. The first-order valence-electron chi connectivity index (χ1n) is 6.36. The van der Waals surface area contributed by atoms with E-state index >= 15 is 0 Å². The first-order chi connectivity index (χ1) is 10.5. The van der Waals surface area contributed by atoms with Gasteiger partial charge in [0.2, 0.25) is 0 Å². The van der Waals surface area contributed by atoms with Crippen LogP contribution in [0.2, 0.25) is 0 Å². The van der Waals surface area contributed by atoms with Crippen LogP contribution in [0.25, 0.3) is 17.0 Å². The van der Waals surface area contributed by atoms with Gasteiger partial charge >= 0.3 is 5.97 Å². The summed E-state index contributed by atoms with van der Waals surface area (Å²) in [5.74, 6) is -1.47. The van der Waals surface area contributed by atoms with E-state index in [1.807, 2.05) is 30.3 Å². The third-order valence-corrected chi connectivity index (χ3v) is 4.47. The highest BCUT2D eigenvalue weighted by Crippen LogP contribution is 2.32. The number of amides is 1. The summed E-state index contributed by atoms with van der Waals surface area (Å²) in [7, 11) is 0. The van der Waals surface area contributed by atoms with Gasteiger partial charge in [-0.15, -0.1) is 0 Å². The number of hydrogen-bond acceptors (Lipinski definition) is 5. The Morgan fingerprint density at radius 2 is 2.23 bits per heavy atom. The quantitative estimate of drug-likeness (QED) is 0.689. The zero-order chi connectivity index (χ0) is 15.7. The Kier molecular flexibility index (Phi) is 3.91. The van der Waals surface area contributed by atoms with E-state index in [0.29, 0.717) is 4.91 Å². The Hall–Kier alpha value is -2.25. The molecule has 1 N–H and O–H groups in total. The average molecular weight is 330 g/mol. The highest BCUT2D eigenvalue weighted by Gasteiger charge is 2.33. The zero-order valence-corrected chi connectivity index (χ0v) is 12.9. The van der Waals surface area contributed by atoms with Gasteiger partial charge in [0.25, 0.3) is 5.91 Å². The molecule has 2 aromatic rings. The van der Waals surface area contributed by atoms with Gasteiger partial charge in [0.05, 0.1) is 10.4 Å². The predicted molar refractivity (Wildman–Crippen MR) is 89.3 cm³/mol. The van der Waals surface area contributed by atoms with Crippen LogP contribution in [-0.4, -0.2) is 37.7 Å². The molecule has 5 nitrogen and oxygen atoms in total. The van der Waals surface area contributed by atoms with Crippen molar-refractivity contribution in [2.45, 2.75) is 0 Å². The van der Waals surface area contributed by atoms with Gasteiger partial charge in [-0.05, 0) is 23.8 Å². The minimum atomic E-state index is -1.09. The van der Waals surface area contributed by atoms with Crippen LogP contribution in [0, 0.1) is 0 Å². The number of thiocarbonyl (C=S) groups is 1. The molecule has 1 saturated heterocycles. The van der Waals surface area contributed by atoms with Crippen LogP contribution in [0.4, 0.5) is 0 Å². The van der Waals surface area contributed by atoms with E-state index in [2.05, 4.69) is 4.98 Å². The maximum Gasteiger partial charge on any atom is 0.323 e. The third kappa shape index (κ3) is 2.86. The lowest BCUT2D eigenvalue weighted by molar-refractivity contribution is -0.140. The number of aromatic nitrogens is 1. The molecule has 0 saturated carbocycles. The Morgan fingerprint density at radius 1 is 1.41 bits per heavy atom. The number of benzene rings is 1. The molecule has 0 radical (unpaired) electrons. The van der Waals surface area contributed by atoms with E-state index in [4.69, 9.17) is 17.3 Å². The van der Waals surface area contributed by atoms with Crippen LogP contribution in [0.5, 0.6) is 0 Å². The topological polar surface area (TPSA) is 70.5 Å². The van der Waals surface area contributed by atoms with E-state index in [9.17, 15) is 9.59 Å². The Morgan fingerprint density at radius 3 is 3.00 bits per heavy atom. The molecule has 1 fully saturated rings. The Balaban J connectivity index is 1.92. The molecule has 1 aliphatic heterocycles. The smallest absolute Gasteiger partial charge is 0.323 e. The molecule has 0 aliphatic carbocycles. The maximum absolute atomic E-state index is 12.2. The van der Waals surface area contributed by atoms with E-state index < -0.39 is 12.5 Å². The minimum absolute atomic E-state index is 0.262. The number of carboxylic acids is 1. The van der Waals surface area contributed by atoms with Crippen molar-refractivity contribution in [2.24, 2.45) is 0 Å². The Bertz CT molecular complexity index is 832. The predicted octanol–water partition coefficient (Wildman–Crippen LogP) is 2.52. The second-order valence-electron chi connectivity index (χ2n) is 4.62. The van der Waals surface area contributed by atoms with Gasteiger partial charge in [-0.2, -0.15) is 0 Å². The molecule has 7 heteroatoms. The standard InChI is InChI=1S/C15H10N2O3S2/c18-13(19)8-17-14(20)12(22-15(17)21)7-9-3-4-10-2-1-5-16-11(10)6-9/h1-7H,8H2,(H,18,19)/b12-7-. The molecule has 1 aromatic carbocycles. The van der Waals surface area contributed by atoms with Crippen molar-refractivity contribution in [3.63, 3.8) is 0 Å². The molecular formula is C15H10N2O3S2. The molecular weight excluding hydrogens is 320 g/mol. The minimum Gasteiger partial charge on any atom is -0.480 e. The first-order valence-corrected chi connectivity index (χ1v) is 7.59. The summed E-state index contributed by atoms with van der Waals surface area (Å²) in [5.41, 5.74) is 1.65. The number of fused-ring (bicyclic) bond motifs is 1. The number of pyridine rings is 1. The number of carbonyl (C=O) groups is 2. The van der Waals surface area contributed by atoms with Crippen molar-refractivity contribution >= 4 is 57.2 Å². The first kappa shape index (κ1) is 14.7. The number of rotatable bonds is 3. The van der Waals surface area contributed by atoms with Crippen molar-refractivity contribution < 1.29 is 14.7 Å². The molecule has 22 heavy (non-hydrogen) atoms. The van der Waals surface area contributed by atoms with Gasteiger partial charge in [0, 0.05) is 11.6 Å². The molecule has 1 aromatic heterocycles. The highest BCUT2D eigenvalue weighted by atomic mass is 32.2. The van der Waals surface area contributed by atoms with Gasteiger partial charge in [0.15, 0.2) is 0 Å². The van der Waals surface area contributed by atoms with Crippen LogP contribution in [0.15, 0.2) is 41.4 Å². The van der Waals surface area contributed by atoms with Crippen LogP contribution in [0.3, 0.4) is 0 Å². The largest absolute Gasteiger partial charge is 0.480 e. The molecule has 0 spiro atoms.